The Morgan fingerprint density at radius 3 is 3.06 bits per heavy atom. The average molecular weight is 329 g/mol. The number of aromatic nitrogens is 2. The molecule has 0 aliphatic heterocycles. The molecule has 5 nitrogen and oxygen atoms in total. The molecule has 0 saturated heterocycles. The van der Waals surface area contributed by atoms with Gasteiger partial charge in [-0.3, -0.25) is 0 Å². The topological polar surface area (TPSA) is 65.2 Å². The highest BCUT2D eigenvalue weighted by Crippen LogP contribution is 2.25. The monoisotopic (exact) mass is 328 g/mol. The lowest BCUT2D eigenvalue weighted by atomic mass is 10.5. The van der Waals surface area contributed by atoms with Crippen LogP contribution < -0.4 is 0 Å². The summed E-state index contributed by atoms with van der Waals surface area (Å²) >= 11 is 4.53. The number of oxazole rings is 1. The first-order valence-corrected chi connectivity index (χ1v) is 6.72. The first kappa shape index (κ1) is 13.1. The number of halogens is 1. The van der Waals surface area contributed by atoms with Crippen molar-refractivity contribution in [2.24, 2.45) is 0 Å². The third kappa shape index (κ3) is 3.33. The summed E-state index contributed by atoms with van der Waals surface area (Å²) in [5.41, 5.74) is 0.163. The van der Waals surface area contributed by atoms with E-state index in [0.29, 0.717) is 11.8 Å². The molecule has 0 fully saturated rings. The van der Waals surface area contributed by atoms with Gasteiger partial charge in [0, 0.05) is 10.7 Å². The molecule has 0 radical (unpaired) electrons. The molecule has 2 rings (SSSR count). The smallest absolute Gasteiger partial charge is 0.360 e. The lowest BCUT2D eigenvalue weighted by Gasteiger charge is -1.96. The first-order valence-electron chi connectivity index (χ1n) is 5.11. The van der Waals surface area contributed by atoms with Crippen LogP contribution in [0.4, 0.5) is 0 Å². The molecule has 0 amide bonds. The molecule has 2 aromatic heterocycles. The van der Waals surface area contributed by atoms with Crippen molar-refractivity contribution >= 4 is 33.7 Å². The zero-order valence-electron chi connectivity index (χ0n) is 9.42. The summed E-state index contributed by atoms with van der Waals surface area (Å²) in [6.45, 7) is 2.04. The number of nitrogens with zero attached hydrogens (tertiary/aromatic N) is 2. The van der Waals surface area contributed by atoms with Gasteiger partial charge in [-0.05, 0) is 46.7 Å². The van der Waals surface area contributed by atoms with Crippen molar-refractivity contribution in [1.82, 2.24) is 9.97 Å². The van der Waals surface area contributed by atoms with Crippen LogP contribution in [0.5, 0.6) is 0 Å². The summed E-state index contributed by atoms with van der Waals surface area (Å²) in [4.78, 5) is 19.6. The van der Waals surface area contributed by atoms with Crippen molar-refractivity contribution in [1.29, 1.82) is 0 Å². The number of hydrogen-bond acceptors (Lipinski definition) is 6. The maximum Gasteiger partial charge on any atom is 0.360 e. The van der Waals surface area contributed by atoms with Gasteiger partial charge in [0.15, 0.2) is 5.69 Å². The SMILES string of the molecule is CCOC(=O)c1coc(Sc2ccc(Br)cn2)n1. The minimum Gasteiger partial charge on any atom is -0.461 e. The van der Waals surface area contributed by atoms with Crippen molar-refractivity contribution in [3.8, 4) is 0 Å². The van der Waals surface area contributed by atoms with Gasteiger partial charge in [-0.2, -0.15) is 4.98 Å². The Bertz CT molecular complexity index is 541. The third-order valence-corrected chi connectivity index (χ3v) is 3.14. The lowest BCUT2D eigenvalue weighted by molar-refractivity contribution is 0.0519. The van der Waals surface area contributed by atoms with Crippen molar-refractivity contribution in [2.75, 3.05) is 6.61 Å². The number of rotatable bonds is 4. The first-order chi connectivity index (χ1) is 8.69. The fraction of sp³-hybridized carbons (Fsp3) is 0.182. The standard InChI is InChI=1S/C11H9BrN2O3S/c1-2-16-10(15)8-6-17-11(14-8)18-9-4-3-7(12)5-13-9/h3-6H,2H2,1H3. The molecule has 7 heteroatoms. The average Bonchev–Trinajstić information content (AvgIpc) is 2.81. The summed E-state index contributed by atoms with van der Waals surface area (Å²) in [6, 6.07) is 3.69. The number of pyridine rings is 1. The van der Waals surface area contributed by atoms with Gasteiger partial charge in [-0.25, -0.2) is 9.78 Å². The zero-order chi connectivity index (χ0) is 13.0. The van der Waals surface area contributed by atoms with Gasteiger partial charge in [-0.15, -0.1) is 0 Å². The highest BCUT2D eigenvalue weighted by molar-refractivity contribution is 9.10. The predicted octanol–water partition coefficient (Wildman–Crippen LogP) is 3.16. The minimum absolute atomic E-state index is 0.163. The van der Waals surface area contributed by atoms with E-state index in [1.165, 1.54) is 18.0 Å². The number of ether oxygens (including phenoxy) is 1. The van der Waals surface area contributed by atoms with E-state index in [9.17, 15) is 4.79 Å². The van der Waals surface area contributed by atoms with Gasteiger partial charge < -0.3 is 9.15 Å². The molecule has 0 atom stereocenters. The fourth-order valence-corrected chi connectivity index (χ4v) is 2.01. The second kappa shape index (κ2) is 6.01. The Labute approximate surface area is 116 Å². The highest BCUT2D eigenvalue weighted by atomic mass is 79.9. The molecule has 2 heterocycles. The summed E-state index contributed by atoms with van der Waals surface area (Å²) in [6.07, 6.45) is 2.96. The molecule has 0 aliphatic carbocycles. The molecule has 0 aromatic carbocycles. The van der Waals surface area contributed by atoms with Crippen LogP contribution in [0.15, 0.2) is 43.7 Å². The van der Waals surface area contributed by atoms with Crippen LogP contribution in [0.1, 0.15) is 17.4 Å². The van der Waals surface area contributed by atoms with E-state index in [1.807, 2.05) is 12.1 Å². The van der Waals surface area contributed by atoms with E-state index in [-0.39, 0.29) is 5.69 Å². The molecular formula is C11H9BrN2O3S. The second-order valence-electron chi connectivity index (χ2n) is 3.14. The van der Waals surface area contributed by atoms with Gasteiger partial charge >= 0.3 is 5.97 Å². The van der Waals surface area contributed by atoms with E-state index in [4.69, 9.17) is 9.15 Å². The fourth-order valence-electron chi connectivity index (χ4n) is 1.12. The summed E-state index contributed by atoms with van der Waals surface area (Å²) in [5.74, 6) is -0.489. The normalized spacial score (nSPS) is 10.3. The molecule has 0 bridgehead atoms. The Morgan fingerprint density at radius 1 is 1.56 bits per heavy atom. The minimum atomic E-state index is -0.489. The molecule has 94 valence electrons. The zero-order valence-corrected chi connectivity index (χ0v) is 11.8. The number of esters is 1. The van der Waals surface area contributed by atoms with E-state index in [1.54, 1.807) is 13.1 Å². The van der Waals surface area contributed by atoms with Crippen LogP contribution in [0.3, 0.4) is 0 Å². The van der Waals surface area contributed by atoms with Gasteiger partial charge in [-0.1, -0.05) is 0 Å². The van der Waals surface area contributed by atoms with Crippen molar-refractivity contribution < 1.29 is 13.9 Å². The van der Waals surface area contributed by atoms with Gasteiger partial charge in [0.05, 0.1) is 6.61 Å². The summed E-state index contributed by atoms with van der Waals surface area (Å²) in [7, 11) is 0. The second-order valence-corrected chi connectivity index (χ2v) is 5.02. The van der Waals surface area contributed by atoms with Crippen LogP contribution in [0.2, 0.25) is 0 Å². The molecule has 2 aromatic rings. The quantitative estimate of drug-likeness (QED) is 0.803. The highest BCUT2D eigenvalue weighted by Gasteiger charge is 2.14. The lowest BCUT2D eigenvalue weighted by Crippen LogP contribution is -2.04. The Hall–Kier alpha value is -1.34. The van der Waals surface area contributed by atoms with Crippen LogP contribution >= 0.6 is 27.7 Å². The molecule has 0 saturated carbocycles. The van der Waals surface area contributed by atoms with Gasteiger partial charge in [0.2, 0.25) is 0 Å². The maximum atomic E-state index is 11.4. The third-order valence-electron chi connectivity index (χ3n) is 1.86. The number of carbonyl (C=O) groups excluding carboxylic acids is 1. The van der Waals surface area contributed by atoms with Crippen LogP contribution in [-0.4, -0.2) is 22.5 Å². The Morgan fingerprint density at radius 2 is 2.39 bits per heavy atom. The van der Waals surface area contributed by atoms with Crippen molar-refractivity contribution in [3.05, 3.63) is 34.8 Å². The Balaban J connectivity index is 2.06. The number of hydrogen-bond donors (Lipinski definition) is 0. The maximum absolute atomic E-state index is 11.4. The van der Waals surface area contributed by atoms with Gasteiger partial charge in [0.25, 0.3) is 5.22 Å². The molecule has 0 aliphatic rings. The van der Waals surface area contributed by atoms with Crippen molar-refractivity contribution in [3.63, 3.8) is 0 Å². The van der Waals surface area contributed by atoms with Crippen LogP contribution in [0.25, 0.3) is 0 Å². The van der Waals surface area contributed by atoms with E-state index < -0.39 is 5.97 Å². The summed E-state index contributed by atoms with van der Waals surface area (Å²) < 4.78 is 10.9. The van der Waals surface area contributed by atoms with Gasteiger partial charge in [0.1, 0.15) is 11.3 Å². The molecule has 18 heavy (non-hydrogen) atoms. The van der Waals surface area contributed by atoms with E-state index in [2.05, 4.69) is 25.9 Å². The molecule has 0 N–H and O–H groups in total. The summed E-state index contributed by atoms with van der Waals surface area (Å²) in [5, 5.41) is 1.09. The van der Waals surface area contributed by atoms with Crippen molar-refractivity contribution in [2.45, 2.75) is 17.2 Å². The molecular weight excluding hydrogens is 320 g/mol. The Kier molecular flexibility index (Phi) is 4.38. The van der Waals surface area contributed by atoms with Crippen LogP contribution in [0, 0.1) is 0 Å². The molecule has 0 spiro atoms. The molecule has 0 unspecified atom stereocenters. The van der Waals surface area contributed by atoms with E-state index >= 15 is 0 Å². The predicted molar refractivity (Wildman–Crippen MR) is 68.5 cm³/mol. The van der Waals surface area contributed by atoms with Crippen LogP contribution in [-0.2, 0) is 4.74 Å². The van der Waals surface area contributed by atoms with E-state index in [0.717, 1.165) is 9.50 Å². The largest absolute Gasteiger partial charge is 0.461 e. The number of carbonyl (C=O) groups is 1.